The van der Waals surface area contributed by atoms with Crippen molar-refractivity contribution in [2.24, 2.45) is 5.73 Å². The zero-order valence-corrected chi connectivity index (χ0v) is 12.9. The molecule has 0 spiro atoms. The Labute approximate surface area is 117 Å². The van der Waals surface area contributed by atoms with E-state index < -0.39 is 6.10 Å². The normalized spacial score (nSPS) is 21.5. The first-order chi connectivity index (χ1) is 8.72. The molecule has 0 aliphatic heterocycles. The van der Waals surface area contributed by atoms with Crippen LogP contribution in [0.1, 0.15) is 66.2 Å². The maximum Gasteiger partial charge on any atom is 0.249 e. The van der Waals surface area contributed by atoms with Crippen molar-refractivity contribution in [3.8, 4) is 0 Å². The molecular formula is C15H30N2O2. The molecule has 112 valence electrons. The summed E-state index contributed by atoms with van der Waals surface area (Å²) in [5.74, 6) is -0.0651. The molecule has 1 saturated carbocycles. The smallest absolute Gasteiger partial charge is 0.249 e. The summed E-state index contributed by atoms with van der Waals surface area (Å²) < 4.78 is 5.71. The van der Waals surface area contributed by atoms with Crippen molar-refractivity contribution < 1.29 is 9.53 Å². The molecule has 1 atom stereocenters. The highest BCUT2D eigenvalue weighted by Crippen LogP contribution is 2.25. The molecule has 1 unspecified atom stereocenters. The lowest BCUT2D eigenvalue weighted by atomic mass is 9.92. The SMILES string of the molecule is CC(OCC1(N)CCCCCC1)C(=O)NC(C)(C)C. The van der Waals surface area contributed by atoms with Crippen molar-refractivity contribution in [3.63, 3.8) is 0 Å². The zero-order valence-electron chi connectivity index (χ0n) is 12.9. The summed E-state index contributed by atoms with van der Waals surface area (Å²) in [7, 11) is 0. The monoisotopic (exact) mass is 270 g/mol. The lowest BCUT2D eigenvalue weighted by molar-refractivity contribution is -0.134. The lowest BCUT2D eigenvalue weighted by Gasteiger charge is -2.30. The van der Waals surface area contributed by atoms with Crippen LogP contribution in [0.4, 0.5) is 0 Å². The molecular weight excluding hydrogens is 240 g/mol. The third-order valence-corrected chi connectivity index (χ3v) is 3.59. The Morgan fingerprint density at radius 3 is 2.26 bits per heavy atom. The van der Waals surface area contributed by atoms with Gasteiger partial charge in [-0.25, -0.2) is 0 Å². The van der Waals surface area contributed by atoms with Gasteiger partial charge in [-0.2, -0.15) is 0 Å². The van der Waals surface area contributed by atoms with Crippen LogP contribution in [0.15, 0.2) is 0 Å². The lowest BCUT2D eigenvalue weighted by Crippen LogP contribution is -2.49. The van der Waals surface area contributed by atoms with E-state index in [2.05, 4.69) is 5.32 Å². The summed E-state index contributed by atoms with van der Waals surface area (Å²) in [5.41, 5.74) is 5.91. The summed E-state index contributed by atoms with van der Waals surface area (Å²) in [6.45, 7) is 8.17. The second-order valence-corrected chi connectivity index (χ2v) is 6.97. The Balaban J connectivity index is 2.40. The van der Waals surface area contributed by atoms with Crippen LogP contribution in [0.3, 0.4) is 0 Å². The van der Waals surface area contributed by atoms with E-state index in [4.69, 9.17) is 10.5 Å². The van der Waals surface area contributed by atoms with Crippen LogP contribution in [0.25, 0.3) is 0 Å². The van der Waals surface area contributed by atoms with Crippen molar-refractivity contribution in [2.45, 2.75) is 83.4 Å². The molecule has 1 fully saturated rings. The summed E-state index contributed by atoms with van der Waals surface area (Å²) in [6, 6.07) is 0. The van der Waals surface area contributed by atoms with Crippen LogP contribution in [-0.2, 0) is 9.53 Å². The molecule has 0 saturated heterocycles. The molecule has 0 aromatic heterocycles. The van der Waals surface area contributed by atoms with E-state index in [9.17, 15) is 4.79 Å². The fraction of sp³-hybridized carbons (Fsp3) is 0.933. The maximum absolute atomic E-state index is 11.9. The first kappa shape index (κ1) is 16.4. The van der Waals surface area contributed by atoms with Gasteiger partial charge in [-0.05, 0) is 40.5 Å². The average molecular weight is 270 g/mol. The van der Waals surface area contributed by atoms with Gasteiger partial charge in [-0.1, -0.05) is 25.7 Å². The summed E-state index contributed by atoms with van der Waals surface area (Å²) >= 11 is 0. The fourth-order valence-corrected chi connectivity index (χ4v) is 2.41. The summed E-state index contributed by atoms with van der Waals surface area (Å²) in [4.78, 5) is 11.9. The van der Waals surface area contributed by atoms with Crippen molar-refractivity contribution in [1.29, 1.82) is 0 Å². The fourth-order valence-electron chi connectivity index (χ4n) is 2.41. The molecule has 0 aromatic rings. The molecule has 1 aliphatic carbocycles. The van der Waals surface area contributed by atoms with Gasteiger partial charge in [0.05, 0.1) is 6.61 Å². The topological polar surface area (TPSA) is 64.3 Å². The van der Waals surface area contributed by atoms with Gasteiger partial charge in [0.25, 0.3) is 0 Å². The van der Waals surface area contributed by atoms with E-state index in [0.29, 0.717) is 6.61 Å². The summed E-state index contributed by atoms with van der Waals surface area (Å²) in [5, 5.41) is 2.93. The van der Waals surface area contributed by atoms with Gasteiger partial charge in [0.1, 0.15) is 6.10 Å². The number of nitrogens with one attached hydrogen (secondary N) is 1. The molecule has 3 N–H and O–H groups in total. The van der Waals surface area contributed by atoms with Gasteiger partial charge in [0.2, 0.25) is 5.91 Å². The van der Waals surface area contributed by atoms with Crippen molar-refractivity contribution >= 4 is 5.91 Å². The highest BCUT2D eigenvalue weighted by Gasteiger charge is 2.28. The number of nitrogens with two attached hydrogens (primary N) is 1. The highest BCUT2D eigenvalue weighted by atomic mass is 16.5. The molecule has 1 aliphatic rings. The molecule has 1 amide bonds. The van der Waals surface area contributed by atoms with Crippen molar-refractivity contribution in [3.05, 3.63) is 0 Å². The van der Waals surface area contributed by atoms with E-state index >= 15 is 0 Å². The average Bonchev–Trinajstić information content (AvgIpc) is 2.49. The van der Waals surface area contributed by atoms with Crippen molar-refractivity contribution in [1.82, 2.24) is 5.32 Å². The van der Waals surface area contributed by atoms with Gasteiger partial charge in [-0.3, -0.25) is 4.79 Å². The van der Waals surface area contributed by atoms with Crippen LogP contribution in [0, 0.1) is 0 Å². The maximum atomic E-state index is 11.9. The van der Waals surface area contributed by atoms with Crippen molar-refractivity contribution in [2.75, 3.05) is 6.61 Å². The minimum atomic E-state index is -0.442. The first-order valence-corrected chi connectivity index (χ1v) is 7.44. The quantitative estimate of drug-likeness (QED) is 0.771. The summed E-state index contributed by atoms with van der Waals surface area (Å²) in [6.07, 6.45) is 6.42. The number of carbonyl (C=O) groups is 1. The third kappa shape index (κ3) is 6.39. The minimum Gasteiger partial charge on any atom is -0.367 e. The third-order valence-electron chi connectivity index (χ3n) is 3.59. The molecule has 0 aromatic carbocycles. The Morgan fingerprint density at radius 1 is 1.26 bits per heavy atom. The standard InChI is InChI=1S/C15H30N2O2/c1-12(13(18)17-14(2,3)4)19-11-15(16)9-7-5-6-8-10-15/h12H,5-11,16H2,1-4H3,(H,17,18). The minimum absolute atomic E-state index is 0.0651. The second-order valence-electron chi connectivity index (χ2n) is 6.97. The Hall–Kier alpha value is -0.610. The zero-order chi connectivity index (χ0) is 14.5. The van der Waals surface area contributed by atoms with Gasteiger partial charge < -0.3 is 15.8 Å². The van der Waals surface area contributed by atoms with Gasteiger partial charge in [-0.15, -0.1) is 0 Å². The number of rotatable bonds is 4. The molecule has 19 heavy (non-hydrogen) atoms. The molecule has 4 nitrogen and oxygen atoms in total. The van der Waals surface area contributed by atoms with Gasteiger partial charge >= 0.3 is 0 Å². The van der Waals surface area contributed by atoms with Crippen LogP contribution in [-0.4, -0.2) is 29.7 Å². The largest absolute Gasteiger partial charge is 0.367 e. The van der Waals surface area contributed by atoms with Crippen LogP contribution in [0.5, 0.6) is 0 Å². The van der Waals surface area contributed by atoms with Crippen LogP contribution in [0.2, 0.25) is 0 Å². The van der Waals surface area contributed by atoms with Gasteiger partial charge in [0.15, 0.2) is 0 Å². The molecule has 0 heterocycles. The number of hydrogen-bond acceptors (Lipinski definition) is 3. The van der Waals surface area contributed by atoms with Gasteiger partial charge in [0, 0.05) is 11.1 Å². The van der Waals surface area contributed by atoms with E-state index in [1.54, 1.807) is 6.92 Å². The molecule has 1 rings (SSSR count). The number of hydrogen-bond donors (Lipinski definition) is 2. The Morgan fingerprint density at radius 2 is 1.79 bits per heavy atom. The van der Waals surface area contributed by atoms with Crippen LogP contribution < -0.4 is 11.1 Å². The molecule has 0 bridgehead atoms. The predicted molar refractivity (Wildman–Crippen MR) is 77.9 cm³/mol. The first-order valence-electron chi connectivity index (χ1n) is 7.44. The Kier molecular flexibility index (Phi) is 5.81. The number of carbonyl (C=O) groups excluding carboxylic acids is 1. The Bertz CT molecular complexity index is 289. The molecule has 4 heteroatoms. The second kappa shape index (κ2) is 6.71. The van der Waals surface area contributed by atoms with E-state index in [1.807, 2.05) is 20.8 Å². The van der Waals surface area contributed by atoms with E-state index in [0.717, 1.165) is 12.8 Å². The van der Waals surface area contributed by atoms with E-state index in [1.165, 1.54) is 25.7 Å². The number of amides is 1. The van der Waals surface area contributed by atoms with E-state index in [-0.39, 0.29) is 17.0 Å². The van der Waals surface area contributed by atoms with Crippen LogP contribution >= 0.6 is 0 Å². The molecule has 0 radical (unpaired) electrons. The highest BCUT2D eigenvalue weighted by molar-refractivity contribution is 5.80. The number of ether oxygens (including phenoxy) is 1. The predicted octanol–water partition coefficient (Wildman–Crippen LogP) is 2.36.